The summed E-state index contributed by atoms with van der Waals surface area (Å²) in [6, 6.07) is 0. The first-order valence-electron chi connectivity index (χ1n) is 4.58. The fourth-order valence-corrected chi connectivity index (χ4v) is 1.11. The number of hydrogen-bond donors (Lipinski definition) is 1. The second-order valence-electron chi connectivity index (χ2n) is 2.88. The van der Waals surface area contributed by atoms with Crippen molar-refractivity contribution < 1.29 is 5.11 Å². The molecule has 12 heavy (non-hydrogen) atoms. The maximum Gasteiger partial charge on any atom is 0.0661 e. The summed E-state index contributed by atoms with van der Waals surface area (Å²) in [5.74, 6) is 2.46. The van der Waals surface area contributed by atoms with Crippen LogP contribution in [0.25, 0.3) is 0 Å². The number of hydrogen-bond acceptors (Lipinski definition) is 2. The molecule has 0 fully saturated rings. The van der Waals surface area contributed by atoms with Gasteiger partial charge in [0.15, 0.2) is 0 Å². The molecule has 0 aliphatic rings. The molecule has 0 saturated heterocycles. The van der Waals surface area contributed by atoms with Crippen molar-refractivity contribution in [2.75, 3.05) is 19.6 Å². The van der Waals surface area contributed by atoms with Crippen LogP contribution in [0.2, 0.25) is 0 Å². The van der Waals surface area contributed by atoms with Gasteiger partial charge in [0.2, 0.25) is 0 Å². The van der Waals surface area contributed by atoms with Gasteiger partial charge in [0.1, 0.15) is 0 Å². The summed E-state index contributed by atoms with van der Waals surface area (Å²) >= 11 is 0. The predicted molar refractivity (Wildman–Crippen MR) is 51.9 cm³/mol. The molecular formula is C10H19NO. The topological polar surface area (TPSA) is 23.5 Å². The number of nitrogens with zero attached hydrogens (tertiary/aromatic N) is 1. The lowest BCUT2D eigenvalue weighted by Gasteiger charge is -2.19. The fraction of sp³-hybridized carbons (Fsp3) is 0.800. The van der Waals surface area contributed by atoms with E-state index in [0.717, 1.165) is 26.1 Å². The van der Waals surface area contributed by atoms with Crippen molar-refractivity contribution in [2.24, 2.45) is 0 Å². The molecule has 0 aromatic rings. The summed E-state index contributed by atoms with van der Waals surface area (Å²) in [6.07, 6.45) is 6.01. The van der Waals surface area contributed by atoms with Crippen molar-refractivity contribution in [3.05, 3.63) is 0 Å². The number of aliphatic hydroxyl groups excluding tert-OH is 1. The molecule has 0 heterocycles. The SMILES string of the molecule is C#CCC(O)CCN(CC)CC. The molecule has 70 valence electrons. The Labute approximate surface area is 75.6 Å². The van der Waals surface area contributed by atoms with Crippen molar-refractivity contribution in [3.8, 4) is 12.3 Å². The average molecular weight is 169 g/mol. The van der Waals surface area contributed by atoms with Crippen LogP contribution in [0.4, 0.5) is 0 Å². The van der Waals surface area contributed by atoms with Gasteiger partial charge in [-0.25, -0.2) is 0 Å². The zero-order chi connectivity index (χ0) is 9.40. The molecular weight excluding hydrogens is 150 g/mol. The predicted octanol–water partition coefficient (Wildman–Crippen LogP) is 1.10. The maximum absolute atomic E-state index is 9.32. The van der Waals surface area contributed by atoms with E-state index in [1.165, 1.54) is 0 Å². The molecule has 0 saturated carbocycles. The highest BCUT2D eigenvalue weighted by atomic mass is 16.3. The molecule has 0 amide bonds. The Kier molecular flexibility index (Phi) is 6.84. The molecule has 0 aromatic carbocycles. The van der Waals surface area contributed by atoms with Crippen LogP contribution in [-0.4, -0.2) is 35.7 Å². The van der Waals surface area contributed by atoms with E-state index < -0.39 is 0 Å². The zero-order valence-electron chi connectivity index (χ0n) is 8.08. The molecule has 0 aliphatic heterocycles. The molecule has 0 radical (unpaired) electrons. The number of terminal acetylenes is 1. The molecule has 1 atom stereocenters. The van der Waals surface area contributed by atoms with Gasteiger partial charge >= 0.3 is 0 Å². The molecule has 1 unspecified atom stereocenters. The Hall–Kier alpha value is -0.520. The van der Waals surface area contributed by atoms with Crippen molar-refractivity contribution in [1.82, 2.24) is 4.90 Å². The normalized spacial score (nSPS) is 12.9. The first-order chi connectivity index (χ1) is 5.74. The summed E-state index contributed by atoms with van der Waals surface area (Å²) in [5, 5.41) is 9.32. The Bertz CT molecular complexity index is 135. The van der Waals surface area contributed by atoms with Gasteiger partial charge in [-0.1, -0.05) is 13.8 Å². The molecule has 2 heteroatoms. The first kappa shape index (κ1) is 11.5. The van der Waals surface area contributed by atoms with Crippen molar-refractivity contribution in [1.29, 1.82) is 0 Å². The standard InChI is InChI=1S/C10H19NO/c1-4-7-10(12)8-9-11(5-2)6-3/h1,10,12H,5-9H2,2-3H3. The van der Waals surface area contributed by atoms with Gasteiger partial charge in [-0.3, -0.25) is 0 Å². The van der Waals surface area contributed by atoms with Crippen LogP contribution in [0.15, 0.2) is 0 Å². The van der Waals surface area contributed by atoms with Gasteiger partial charge in [0, 0.05) is 13.0 Å². The molecule has 0 spiro atoms. The smallest absolute Gasteiger partial charge is 0.0661 e. The van der Waals surface area contributed by atoms with Gasteiger partial charge in [0.05, 0.1) is 6.10 Å². The van der Waals surface area contributed by atoms with E-state index in [0.29, 0.717) is 6.42 Å². The molecule has 0 bridgehead atoms. The van der Waals surface area contributed by atoms with Gasteiger partial charge in [-0.15, -0.1) is 12.3 Å². The van der Waals surface area contributed by atoms with Crippen molar-refractivity contribution in [2.45, 2.75) is 32.8 Å². The van der Waals surface area contributed by atoms with Crippen LogP contribution in [-0.2, 0) is 0 Å². The third-order valence-corrected chi connectivity index (χ3v) is 2.03. The maximum atomic E-state index is 9.32. The Balaban J connectivity index is 3.45. The summed E-state index contributed by atoms with van der Waals surface area (Å²) in [5.41, 5.74) is 0. The molecule has 0 aromatic heterocycles. The minimum Gasteiger partial charge on any atom is -0.392 e. The molecule has 0 rings (SSSR count). The Morgan fingerprint density at radius 1 is 1.42 bits per heavy atom. The van der Waals surface area contributed by atoms with E-state index in [-0.39, 0.29) is 6.10 Å². The second kappa shape index (κ2) is 7.15. The van der Waals surface area contributed by atoms with E-state index in [2.05, 4.69) is 24.7 Å². The van der Waals surface area contributed by atoms with Crippen LogP contribution in [0.5, 0.6) is 0 Å². The van der Waals surface area contributed by atoms with Gasteiger partial charge in [-0.2, -0.15) is 0 Å². The molecule has 2 nitrogen and oxygen atoms in total. The summed E-state index contributed by atoms with van der Waals surface area (Å²) in [7, 11) is 0. The first-order valence-corrected chi connectivity index (χ1v) is 4.58. The summed E-state index contributed by atoms with van der Waals surface area (Å²) in [6.45, 7) is 7.27. The van der Waals surface area contributed by atoms with Gasteiger partial charge in [0.25, 0.3) is 0 Å². The van der Waals surface area contributed by atoms with Crippen molar-refractivity contribution >= 4 is 0 Å². The summed E-state index contributed by atoms with van der Waals surface area (Å²) in [4.78, 5) is 2.28. The number of rotatable bonds is 6. The third kappa shape index (κ3) is 5.17. The Morgan fingerprint density at radius 3 is 2.42 bits per heavy atom. The van der Waals surface area contributed by atoms with E-state index in [1.807, 2.05) is 0 Å². The van der Waals surface area contributed by atoms with E-state index in [4.69, 9.17) is 6.42 Å². The minimum atomic E-state index is -0.324. The molecule has 1 N–H and O–H groups in total. The lowest BCUT2D eigenvalue weighted by atomic mass is 10.2. The van der Waals surface area contributed by atoms with Crippen molar-refractivity contribution in [3.63, 3.8) is 0 Å². The third-order valence-electron chi connectivity index (χ3n) is 2.03. The minimum absolute atomic E-state index is 0.324. The van der Waals surface area contributed by atoms with Crippen LogP contribution >= 0.6 is 0 Å². The van der Waals surface area contributed by atoms with Gasteiger partial charge < -0.3 is 10.0 Å². The van der Waals surface area contributed by atoms with E-state index in [1.54, 1.807) is 0 Å². The van der Waals surface area contributed by atoms with E-state index >= 15 is 0 Å². The van der Waals surface area contributed by atoms with Crippen LogP contribution in [0, 0.1) is 12.3 Å². The highest BCUT2D eigenvalue weighted by Crippen LogP contribution is 1.99. The monoisotopic (exact) mass is 169 g/mol. The second-order valence-corrected chi connectivity index (χ2v) is 2.88. The molecule has 0 aliphatic carbocycles. The largest absolute Gasteiger partial charge is 0.392 e. The lowest BCUT2D eigenvalue weighted by molar-refractivity contribution is 0.148. The average Bonchev–Trinajstić information content (AvgIpc) is 2.07. The highest BCUT2D eigenvalue weighted by molar-refractivity contribution is 4.86. The van der Waals surface area contributed by atoms with Crippen LogP contribution in [0.3, 0.4) is 0 Å². The summed E-state index contributed by atoms with van der Waals surface area (Å²) < 4.78 is 0. The number of aliphatic hydroxyl groups is 1. The fourth-order valence-electron chi connectivity index (χ4n) is 1.11. The zero-order valence-corrected chi connectivity index (χ0v) is 8.08. The van der Waals surface area contributed by atoms with Crippen LogP contribution in [0.1, 0.15) is 26.7 Å². The quantitative estimate of drug-likeness (QED) is 0.602. The Morgan fingerprint density at radius 2 is 2.00 bits per heavy atom. The van der Waals surface area contributed by atoms with Crippen LogP contribution < -0.4 is 0 Å². The van der Waals surface area contributed by atoms with E-state index in [9.17, 15) is 5.11 Å². The van der Waals surface area contributed by atoms with Gasteiger partial charge in [-0.05, 0) is 19.5 Å². The highest BCUT2D eigenvalue weighted by Gasteiger charge is 2.04. The lowest BCUT2D eigenvalue weighted by Crippen LogP contribution is -2.26.